The van der Waals surface area contributed by atoms with E-state index >= 15 is 0 Å². The Bertz CT molecular complexity index is 536. The molecule has 2 aliphatic rings. The molecule has 0 aromatic heterocycles. The average Bonchev–Trinajstić information content (AvgIpc) is 3.21. The normalized spacial score (nSPS) is 19.0. The number of para-hydroxylation sites is 1. The molecular formula is C20H34IN5. The molecule has 1 aromatic carbocycles. The smallest absolute Gasteiger partial charge is 0.193 e. The van der Waals surface area contributed by atoms with Gasteiger partial charge < -0.3 is 20.0 Å². The van der Waals surface area contributed by atoms with E-state index in [9.17, 15) is 0 Å². The largest absolute Gasteiger partial charge is 0.368 e. The molecule has 26 heavy (non-hydrogen) atoms. The summed E-state index contributed by atoms with van der Waals surface area (Å²) in [7, 11) is 4.16. The minimum atomic E-state index is 0. The van der Waals surface area contributed by atoms with Gasteiger partial charge in [-0.05, 0) is 32.0 Å². The van der Waals surface area contributed by atoms with Crippen molar-refractivity contribution >= 4 is 35.6 Å². The highest BCUT2D eigenvalue weighted by Crippen LogP contribution is 2.21. The zero-order valence-electron chi connectivity index (χ0n) is 16.2. The summed E-state index contributed by atoms with van der Waals surface area (Å²) >= 11 is 0. The van der Waals surface area contributed by atoms with Gasteiger partial charge in [-0.15, -0.1) is 24.0 Å². The number of piperazine rings is 1. The lowest BCUT2D eigenvalue weighted by Gasteiger charge is -2.38. The highest BCUT2D eigenvalue weighted by molar-refractivity contribution is 14.0. The highest BCUT2D eigenvalue weighted by atomic mass is 127. The third kappa shape index (κ3) is 5.74. The second-order valence-corrected chi connectivity index (χ2v) is 7.20. The van der Waals surface area contributed by atoms with Gasteiger partial charge in [-0.3, -0.25) is 4.99 Å². The molecule has 0 atom stereocenters. The Morgan fingerprint density at radius 3 is 2.38 bits per heavy atom. The summed E-state index contributed by atoms with van der Waals surface area (Å²) in [5.41, 5.74) is 1.32. The van der Waals surface area contributed by atoms with Crippen LogP contribution in [0, 0.1) is 0 Å². The van der Waals surface area contributed by atoms with Crippen molar-refractivity contribution in [1.29, 1.82) is 0 Å². The van der Waals surface area contributed by atoms with Crippen LogP contribution in [0.4, 0.5) is 5.69 Å². The van der Waals surface area contributed by atoms with Gasteiger partial charge in [0.1, 0.15) is 0 Å². The number of hydrogen-bond donors (Lipinski definition) is 1. The average molecular weight is 471 g/mol. The monoisotopic (exact) mass is 471 g/mol. The summed E-state index contributed by atoms with van der Waals surface area (Å²) in [5, 5.41) is 3.56. The maximum absolute atomic E-state index is 4.50. The Morgan fingerprint density at radius 2 is 1.77 bits per heavy atom. The fraction of sp³-hybridized carbons (Fsp3) is 0.650. The molecule has 0 spiro atoms. The van der Waals surface area contributed by atoms with E-state index in [1.165, 1.54) is 31.4 Å². The minimum absolute atomic E-state index is 0. The van der Waals surface area contributed by atoms with Crippen LogP contribution in [0.5, 0.6) is 0 Å². The number of hydrogen-bond acceptors (Lipinski definition) is 3. The molecule has 146 valence electrons. The van der Waals surface area contributed by atoms with Crippen LogP contribution in [-0.2, 0) is 0 Å². The van der Waals surface area contributed by atoms with Gasteiger partial charge in [0.05, 0.1) is 0 Å². The highest BCUT2D eigenvalue weighted by Gasteiger charge is 2.21. The van der Waals surface area contributed by atoms with Gasteiger partial charge in [0, 0.05) is 58.0 Å². The van der Waals surface area contributed by atoms with Crippen molar-refractivity contribution in [1.82, 2.24) is 15.1 Å². The second kappa shape index (κ2) is 11.0. The van der Waals surface area contributed by atoms with E-state index in [-0.39, 0.29) is 24.0 Å². The molecule has 1 N–H and O–H groups in total. The summed E-state index contributed by atoms with van der Waals surface area (Å²) in [5.74, 6) is 1.05. The lowest BCUT2D eigenvalue weighted by molar-refractivity contribution is 0.248. The number of anilines is 1. The van der Waals surface area contributed by atoms with Crippen LogP contribution in [0.2, 0.25) is 0 Å². The van der Waals surface area contributed by atoms with E-state index in [2.05, 4.69) is 62.4 Å². The van der Waals surface area contributed by atoms with Crippen LogP contribution >= 0.6 is 24.0 Å². The summed E-state index contributed by atoms with van der Waals surface area (Å²) in [6, 6.07) is 11.5. The lowest BCUT2D eigenvalue weighted by Crippen LogP contribution is -2.53. The van der Waals surface area contributed by atoms with Crippen LogP contribution < -0.4 is 10.2 Å². The Morgan fingerprint density at radius 1 is 1.12 bits per heavy atom. The van der Waals surface area contributed by atoms with Gasteiger partial charge in [-0.2, -0.15) is 0 Å². The molecule has 0 unspecified atom stereocenters. The minimum Gasteiger partial charge on any atom is -0.368 e. The molecule has 0 amide bonds. The first-order valence-electron chi connectivity index (χ1n) is 9.74. The molecule has 1 aliphatic carbocycles. The Labute approximate surface area is 175 Å². The SMILES string of the molecule is CN=C(NCCN(C)C1CCCC1)N1CCN(c2ccccc2)CC1.I. The molecule has 1 saturated heterocycles. The summed E-state index contributed by atoms with van der Waals surface area (Å²) in [4.78, 5) is 11.9. The molecule has 1 heterocycles. The van der Waals surface area contributed by atoms with Gasteiger partial charge in [-0.1, -0.05) is 31.0 Å². The third-order valence-electron chi connectivity index (χ3n) is 5.61. The molecular weight excluding hydrogens is 437 g/mol. The molecule has 5 nitrogen and oxygen atoms in total. The predicted octanol–water partition coefficient (Wildman–Crippen LogP) is 2.88. The fourth-order valence-corrected chi connectivity index (χ4v) is 4.02. The van der Waals surface area contributed by atoms with Crippen molar-refractivity contribution in [2.45, 2.75) is 31.7 Å². The number of aliphatic imine (C=N–C) groups is 1. The maximum Gasteiger partial charge on any atom is 0.193 e. The number of halogens is 1. The fourth-order valence-electron chi connectivity index (χ4n) is 4.02. The van der Waals surface area contributed by atoms with Gasteiger partial charge in [0.2, 0.25) is 0 Å². The molecule has 6 heteroatoms. The van der Waals surface area contributed by atoms with Crippen molar-refractivity contribution in [3.63, 3.8) is 0 Å². The van der Waals surface area contributed by atoms with Gasteiger partial charge in [0.25, 0.3) is 0 Å². The van der Waals surface area contributed by atoms with E-state index < -0.39 is 0 Å². The number of guanidine groups is 1. The molecule has 2 fully saturated rings. The summed E-state index contributed by atoms with van der Waals surface area (Å²) in [6.45, 7) is 6.20. The molecule has 3 rings (SSSR count). The van der Waals surface area contributed by atoms with Crippen molar-refractivity contribution in [3.05, 3.63) is 30.3 Å². The second-order valence-electron chi connectivity index (χ2n) is 7.20. The Hall–Kier alpha value is -1.02. The molecule has 1 saturated carbocycles. The zero-order valence-corrected chi connectivity index (χ0v) is 18.6. The zero-order chi connectivity index (χ0) is 17.5. The number of nitrogens with one attached hydrogen (secondary N) is 1. The molecule has 1 aliphatic heterocycles. The van der Waals surface area contributed by atoms with E-state index in [1.807, 2.05) is 7.05 Å². The Kier molecular flexibility index (Phi) is 8.98. The topological polar surface area (TPSA) is 34.1 Å². The lowest BCUT2D eigenvalue weighted by atomic mass is 10.2. The quantitative estimate of drug-likeness (QED) is 0.407. The number of likely N-dealkylation sites (N-methyl/N-ethyl adjacent to an activating group) is 1. The van der Waals surface area contributed by atoms with E-state index in [1.54, 1.807) is 0 Å². The third-order valence-corrected chi connectivity index (χ3v) is 5.61. The number of benzene rings is 1. The summed E-state index contributed by atoms with van der Waals surface area (Å²) < 4.78 is 0. The van der Waals surface area contributed by atoms with Crippen LogP contribution in [0.25, 0.3) is 0 Å². The number of rotatable bonds is 5. The molecule has 0 radical (unpaired) electrons. The number of nitrogens with zero attached hydrogens (tertiary/aromatic N) is 4. The van der Waals surface area contributed by atoms with Crippen molar-refractivity contribution in [3.8, 4) is 0 Å². The van der Waals surface area contributed by atoms with Crippen molar-refractivity contribution in [2.24, 2.45) is 4.99 Å². The molecule has 1 aromatic rings. The first kappa shape index (κ1) is 21.3. The first-order chi connectivity index (χ1) is 12.3. The van der Waals surface area contributed by atoms with Gasteiger partial charge in [-0.25, -0.2) is 0 Å². The van der Waals surface area contributed by atoms with E-state index in [0.717, 1.165) is 51.3 Å². The standard InChI is InChI=1S/C20H33N5.HI/c1-21-20(22-12-13-23(2)18-8-6-7-9-18)25-16-14-24(15-17-25)19-10-4-3-5-11-19;/h3-5,10-11,18H,6-9,12-17H2,1-2H3,(H,21,22);1H. The summed E-state index contributed by atoms with van der Waals surface area (Å²) in [6.07, 6.45) is 5.53. The van der Waals surface area contributed by atoms with Gasteiger partial charge >= 0.3 is 0 Å². The maximum atomic E-state index is 4.50. The van der Waals surface area contributed by atoms with Crippen LogP contribution in [0.1, 0.15) is 25.7 Å². The Balaban J connectivity index is 0.00000243. The van der Waals surface area contributed by atoms with Crippen LogP contribution in [0.3, 0.4) is 0 Å². The predicted molar refractivity (Wildman–Crippen MR) is 122 cm³/mol. The van der Waals surface area contributed by atoms with E-state index in [4.69, 9.17) is 0 Å². The van der Waals surface area contributed by atoms with Crippen molar-refractivity contribution < 1.29 is 0 Å². The van der Waals surface area contributed by atoms with Gasteiger partial charge in [0.15, 0.2) is 5.96 Å². The first-order valence-corrected chi connectivity index (χ1v) is 9.74. The van der Waals surface area contributed by atoms with E-state index in [0.29, 0.717) is 0 Å². The molecule has 0 bridgehead atoms. The van der Waals surface area contributed by atoms with Crippen molar-refractivity contribution in [2.75, 3.05) is 58.3 Å². The van der Waals surface area contributed by atoms with Crippen LogP contribution in [-0.4, -0.2) is 75.2 Å². The van der Waals surface area contributed by atoms with Crippen LogP contribution in [0.15, 0.2) is 35.3 Å².